The second kappa shape index (κ2) is 10.1. The summed E-state index contributed by atoms with van der Waals surface area (Å²) in [5, 5.41) is 13.3. The second-order valence-corrected chi connectivity index (χ2v) is 7.22. The van der Waals surface area contributed by atoms with E-state index in [0.717, 1.165) is 11.3 Å². The summed E-state index contributed by atoms with van der Waals surface area (Å²) in [6.45, 7) is 1.52. The lowest BCUT2D eigenvalue weighted by atomic mass is 10.2. The summed E-state index contributed by atoms with van der Waals surface area (Å²) in [6, 6.07) is 27.1. The molecule has 0 aliphatic rings. The smallest absolute Gasteiger partial charge is 0.309 e. The Balaban J connectivity index is 1.47. The predicted molar refractivity (Wildman–Crippen MR) is 124 cm³/mol. The number of amides is 2. The average molecular weight is 452 g/mol. The number of benzene rings is 3. The third kappa shape index (κ3) is 5.08. The summed E-state index contributed by atoms with van der Waals surface area (Å²) in [5.41, 5.74) is 6.57. The van der Waals surface area contributed by atoms with E-state index >= 15 is 0 Å². The van der Waals surface area contributed by atoms with Crippen LogP contribution in [0.15, 0.2) is 84.9 Å². The van der Waals surface area contributed by atoms with Crippen molar-refractivity contribution in [2.45, 2.75) is 13.0 Å². The van der Waals surface area contributed by atoms with Crippen molar-refractivity contribution in [3.8, 4) is 28.9 Å². The summed E-state index contributed by atoms with van der Waals surface area (Å²) in [7, 11) is 0. The molecule has 9 heteroatoms. The van der Waals surface area contributed by atoms with Crippen LogP contribution in [-0.2, 0) is 4.79 Å². The van der Waals surface area contributed by atoms with Gasteiger partial charge in [-0.25, -0.2) is 9.67 Å². The molecule has 4 rings (SSSR count). The first kappa shape index (κ1) is 22.2. The number of ether oxygens (including phenoxy) is 1. The topological polar surface area (TPSA) is 122 Å². The minimum atomic E-state index is -0.927. The zero-order chi connectivity index (χ0) is 23.9. The quantitative estimate of drug-likeness (QED) is 0.434. The Labute approximate surface area is 195 Å². The number of nitrogens with one attached hydrogen (secondary N) is 2. The molecule has 4 aromatic rings. The van der Waals surface area contributed by atoms with Gasteiger partial charge in [-0.15, -0.1) is 5.10 Å². The van der Waals surface area contributed by atoms with Gasteiger partial charge < -0.3 is 4.74 Å². The van der Waals surface area contributed by atoms with Gasteiger partial charge in [0.1, 0.15) is 5.75 Å². The van der Waals surface area contributed by atoms with Gasteiger partial charge in [-0.1, -0.05) is 54.6 Å². The van der Waals surface area contributed by atoms with Crippen molar-refractivity contribution < 1.29 is 14.3 Å². The Hall–Kier alpha value is -4.97. The first-order chi connectivity index (χ1) is 16.5. The van der Waals surface area contributed by atoms with Gasteiger partial charge in [-0.3, -0.25) is 20.4 Å². The maximum absolute atomic E-state index is 12.7. The Bertz CT molecular complexity index is 1290. The van der Waals surface area contributed by atoms with Crippen LogP contribution in [0.4, 0.5) is 0 Å². The van der Waals surface area contributed by atoms with Crippen LogP contribution in [-0.4, -0.2) is 32.7 Å². The number of para-hydroxylation sites is 1. The lowest BCUT2D eigenvalue weighted by Gasteiger charge is -2.14. The number of rotatable bonds is 6. The van der Waals surface area contributed by atoms with Crippen LogP contribution in [0.25, 0.3) is 17.1 Å². The molecule has 0 fully saturated rings. The molecular formula is C25H20N6O3. The number of hydrazine groups is 1. The first-order valence-corrected chi connectivity index (χ1v) is 10.4. The fourth-order valence-corrected chi connectivity index (χ4v) is 3.10. The van der Waals surface area contributed by atoms with E-state index in [1.807, 2.05) is 66.7 Å². The van der Waals surface area contributed by atoms with Crippen LogP contribution < -0.4 is 15.6 Å². The molecule has 0 aliphatic heterocycles. The highest BCUT2D eigenvalue weighted by atomic mass is 16.5. The monoisotopic (exact) mass is 452 g/mol. The van der Waals surface area contributed by atoms with Gasteiger partial charge in [0.25, 0.3) is 5.91 Å². The number of aromatic nitrogens is 3. The first-order valence-electron chi connectivity index (χ1n) is 10.4. The number of hydrogen-bond acceptors (Lipinski definition) is 6. The van der Waals surface area contributed by atoms with Crippen LogP contribution in [0.5, 0.6) is 5.75 Å². The van der Waals surface area contributed by atoms with Crippen LogP contribution in [0, 0.1) is 11.3 Å². The number of hydrogen-bond donors (Lipinski definition) is 2. The summed E-state index contributed by atoms with van der Waals surface area (Å²) in [5.74, 6) is -0.528. The van der Waals surface area contributed by atoms with Crippen LogP contribution in [0.3, 0.4) is 0 Å². The highest BCUT2D eigenvalue weighted by Gasteiger charge is 2.21. The Morgan fingerprint density at radius 2 is 1.68 bits per heavy atom. The third-order valence-electron chi connectivity index (χ3n) is 4.79. The third-order valence-corrected chi connectivity index (χ3v) is 4.79. The Morgan fingerprint density at radius 3 is 2.38 bits per heavy atom. The summed E-state index contributed by atoms with van der Waals surface area (Å²) in [6.07, 6.45) is -0.927. The molecule has 34 heavy (non-hydrogen) atoms. The lowest BCUT2D eigenvalue weighted by molar-refractivity contribution is -0.128. The van der Waals surface area contributed by atoms with Gasteiger partial charge in [0, 0.05) is 5.56 Å². The molecule has 0 saturated carbocycles. The minimum Gasteiger partial charge on any atom is -0.481 e. The number of nitrogens with zero attached hydrogens (tertiary/aromatic N) is 4. The Kier molecular flexibility index (Phi) is 6.60. The van der Waals surface area contributed by atoms with Crippen molar-refractivity contribution in [2.24, 2.45) is 0 Å². The van der Waals surface area contributed by atoms with Gasteiger partial charge in [0.15, 0.2) is 11.9 Å². The molecule has 2 amide bonds. The lowest BCUT2D eigenvalue weighted by Crippen LogP contribution is -2.47. The largest absolute Gasteiger partial charge is 0.481 e. The van der Waals surface area contributed by atoms with E-state index in [4.69, 9.17) is 10.00 Å². The molecule has 0 spiro atoms. The molecule has 1 aromatic heterocycles. The van der Waals surface area contributed by atoms with Crippen LogP contribution in [0.1, 0.15) is 23.1 Å². The van der Waals surface area contributed by atoms with Gasteiger partial charge in [-0.05, 0) is 37.3 Å². The molecule has 0 saturated heterocycles. The second-order valence-electron chi connectivity index (χ2n) is 7.22. The molecule has 0 aliphatic carbocycles. The number of nitriles is 1. The van der Waals surface area contributed by atoms with E-state index in [1.54, 1.807) is 22.9 Å². The minimum absolute atomic E-state index is 0.113. The molecule has 9 nitrogen and oxygen atoms in total. The zero-order valence-electron chi connectivity index (χ0n) is 18.2. The molecule has 1 heterocycles. The molecule has 0 radical (unpaired) electrons. The van der Waals surface area contributed by atoms with Crippen molar-refractivity contribution in [3.63, 3.8) is 0 Å². The highest BCUT2D eigenvalue weighted by Crippen LogP contribution is 2.21. The normalized spacial score (nSPS) is 11.2. The number of carbonyl (C=O) groups is 2. The highest BCUT2D eigenvalue weighted by molar-refractivity contribution is 5.93. The molecule has 0 bridgehead atoms. The van der Waals surface area contributed by atoms with Crippen LogP contribution in [0.2, 0.25) is 0 Å². The molecule has 1 atom stereocenters. The fourth-order valence-electron chi connectivity index (χ4n) is 3.10. The van der Waals surface area contributed by atoms with E-state index < -0.39 is 17.9 Å². The van der Waals surface area contributed by atoms with Gasteiger partial charge in [0.05, 0.1) is 17.3 Å². The molecule has 2 N–H and O–H groups in total. The van der Waals surface area contributed by atoms with E-state index in [2.05, 4.69) is 20.9 Å². The molecular weight excluding hydrogens is 432 g/mol. The van der Waals surface area contributed by atoms with Crippen molar-refractivity contribution in [1.29, 1.82) is 5.26 Å². The standard InChI is InChI=1S/C25H20N6O3/c1-17(34-21-14-8-9-18(15-21)16-26)24(32)28-29-25(33)22-27-23(19-10-4-2-5-11-19)31(30-22)20-12-6-3-7-13-20/h2-15,17H,1H3,(H,28,32)(H,29,33). The zero-order valence-corrected chi connectivity index (χ0v) is 18.2. The molecule has 1 unspecified atom stereocenters. The summed E-state index contributed by atoms with van der Waals surface area (Å²) in [4.78, 5) is 29.5. The molecule has 168 valence electrons. The van der Waals surface area contributed by atoms with E-state index in [1.165, 1.54) is 13.0 Å². The maximum Gasteiger partial charge on any atom is 0.309 e. The van der Waals surface area contributed by atoms with Crippen molar-refractivity contribution in [2.75, 3.05) is 0 Å². The van der Waals surface area contributed by atoms with E-state index in [9.17, 15) is 9.59 Å². The van der Waals surface area contributed by atoms with E-state index in [-0.39, 0.29) is 5.82 Å². The summed E-state index contributed by atoms with van der Waals surface area (Å²) < 4.78 is 7.12. The predicted octanol–water partition coefficient (Wildman–Crippen LogP) is 3.03. The summed E-state index contributed by atoms with van der Waals surface area (Å²) >= 11 is 0. The van der Waals surface area contributed by atoms with Gasteiger partial charge >= 0.3 is 5.91 Å². The number of carbonyl (C=O) groups excluding carboxylic acids is 2. The average Bonchev–Trinajstić information content (AvgIpc) is 3.34. The van der Waals surface area contributed by atoms with E-state index in [0.29, 0.717) is 17.1 Å². The van der Waals surface area contributed by atoms with Gasteiger partial charge in [-0.2, -0.15) is 5.26 Å². The van der Waals surface area contributed by atoms with Crippen molar-refractivity contribution in [3.05, 3.63) is 96.3 Å². The maximum atomic E-state index is 12.7. The van der Waals surface area contributed by atoms with Gasteiger partial charge in [0.2, 0.25) is 5.82 Å². The fraction of sp³-hybridized carbons (Fsp3) is 0.0800. The SMILES string of the molecule is CC(Oc1cccc(C#N)c1)C(=O)NNC(=O)c1nc(-c2ccccc2)n(-c2ccccc2)n1. The Morgan fingerprint density at radius 1 is 0.971 bits per heavy atom. The van der Waals surface area contributed by atoms with Crippen molar-refractivity contribution >= 4 is 11.8 Å². The van der Waals surface area contributed by atoms with Crippen molar-refractivity contribution in [1.82, 2.24) is 25.6 Å². The van der Waals surface area contributed by atoms with Crippen LogP contribution >= 0.6 is 0 Å². The molecule has 3 aromatic carbocycles.